The molecule has 2 N–H and O–H groups in total. The van der Waals surface area contributed by atoms with Gasteiger partial charge in [0, 0.05) is 12.6 Å². The van der Waals surface area contributed by atoms with Gasteiger partial charge in [0.25, 0.3) is 0 Å². The quantitative estimate of drug-likeness (QED) is 0.938. The van der Waals surface area contributed by atoms with Crippen LogP contribution in [0.3, 0.4) is 0 Å². The second-order valence-corrected chi connectivity index (χ2v) is 5.91. The van der Waals surface area contributed by atoms with Gasteiger partial charge in [-0.3, -0.25) is 0 Å². The predicted molar refractivity (Wildman–Crippen MR) is 91.5 cm³/mol. The van der Waals surface area contributed by atoms with Crippen LogP contribution in [0.2, 0.25) is 0 Å². The van der Waals surface area contributed by atoms with Gasteiger partial charge in [-0.25, -0.2) is 0 Å². The van der Waals surface area contributed by atoms with E-state index in [1.54, 1.807) is 0 Å². The first-order valence-electron chi connectivity index (χ1n) is 8.04. The van der Waals surface area contributed by atoms with Crippen molar-refractivity contribution in [2.24, 2.45) is 5.73 Å². The summed E-state index contributed by atoms with van der Waals surface area (Å²) in [4.78, 5) is 2.38. The van der Waals surface area contributed by atoms with Crippen LogP contribution in [-0.2, 0) is 6.42 Å². The zero-order valence-corrected chi connectivity index (χ0v) is 13.3. The fourth-order valence-electron chi connectivity index (χ4n) is 2.96. The molecule has 3 nitrogen and oxygen atoms in total. The molecule has 0 aromatic heterocycles. The molecule has 2 atom stereocenters. The minimum absolute atomic E-state index is 0.0511. The first-order valence-corrected chi connectivity index (χ1v) is 8.04. The standard InChI is InChI=1S/C19H24N2O/c1-3-15-9-10-18-17(11-15)21(14(2)12-20)13-19(22-18)16-7-5-4-6-8-16/h4-11,14,19H,3,12-13,20H2,1-2H3. The van der Waals surface area contributed by atoms with E-state index < -0.39 is 0 Å². The predicted octanol–water partition coefficient (Wildman–Crippen LogP) is 3.54. The molecule has 1 aliphatic heterocycles. The van der Waals surface area contributed by atoms with Crippen molar-refractivity contribution in [3.05, 3.63) is 59.7 Å². The zero-order valence-electron chi connectivity index (χ0n) is 13.3. The van der Waals surface area contributed by atoms with Gasteiger partial charge in [0.2, 0.25) is 0 Å². The zero-order chi connectivity index (χ0) is 15.5. The Labute approximate surface area is 132 Å². The molecular formula is C19H24N2O. The average molecular weight is 296 g/mol. The minimum Gasteiger partial charge on any atom is -0.482 e. The number of fused-ring (bicyclic) bond motifs is 1. The van der Waals surface area contributed by atoms with Crippen LogP contribution in [0.4, 0.5) is 5.69 Å². The number of nitrogens with two attached hydrogens (primary N) is 1. The van der Waals surface area contributed by atoms with Gasteiger partial charge < -0.3 is 15.4 Å². The van der Waals surface area contributed by atoms with Crippen LogP contribution in [0, 0.1) is 0 Å². The van der Waals surface area contributed by atoms with E-state index in [1.807, 2.05) is 6.07 Å². The monoisotopic (exact) mass is 296 g/mol. The van der Waals surface area contributed by atoms with E-state index >= 15 is 0 Å². The van der Waals surface area contributed by atoms with E-state index in [1.165, 1.54) is 16.8 Å². The highest BCUT2D eigenvalue weighted by molar-refractivity contribution is 5.62. The number of hydrogen-bond donors (Lipinski definition) is 1. The van der Waals surface area contributed by atoms with E-state index in [-0.39, 0.29) is 6.10 Å². The Kier molecular flexibility index (Phi) is 4.34. The van der Waals surface area contributed by atoms with Gasteiger partial charge in [-0.05, 0) is 36.6 Å². The van der Waals surface area contributed by atoms with Gasteiger partial charge in [-0.2, -0.15) is 0 Å². The second kappa shape index (κ2) is 6.41. The van der Waals surface area contributed by atoms with Crippen molar-refractivity contribution in [1.82, 2.24) is 0 Å². The van der Waals surface area contributed by atoms with Gasteiger partial charge in [0.05, 0.1) is 12.2 Å². The molecule has 0 bridgehead atoms. The summed E-state index contributed by atoms with van der Waals surface area (Å²) in [5.41, 5.74) is 9.64. The summed E-state index contributed by atoms with van der Waals surface area (Å²) in [5.74, 6) is 0.956. The lowest BCUT2D eigenvalue weighted by molar-refractivity contribution is 0.193. The topological polar surface area (TPSA) is 38.5 Å². The SMILES string of the molecule is CCc1ccc2c(c1)N(C(C)CN)CC(c1ccccc1)O2. The Morgan fingerprint density at radius 3 is 2.68 bits per heavy atom. The third-order valence-corrected chi connectivity index (χ3v) is 4.42. The molecule has 3 rings (SSSR count). The van der Waals surface area contributed by atoms with Crippen LogP contribution in [0.5, 0.6) is 5.75 Å². The van der Waals surface area contributed by atoms with Crippen LogP contribution >= 0.6 is 0 Å². The van der Waals surface area contributed by atoms with Gasteiger partial charge in [-0.15, -0.1) is 0 Å². The normalized spacial score (nSPS) is 18.5. The van der Waals surface area contributed by atoms with Crippen molar-refractivity contribution >= 4 is 5.69 Å². The lowest BCUT2D eigenvalue weighted by atomic mass is 10.0. The molecule has 2 aromatic rings. The number of anilines is 1. The molecule has 3 heteroatoms. The summed E-state index contributed by atoms with van der Waals surface area (Å²) < 4.78 is 6.26. The number of aryl methyl sites for hydroxylation is 1. The Balaban J connectivity index is 1.98. The molecule has 0 aliphatic carbocycles. The van der Waals surface area contributed by atoms with E-state index in [9.17, 15) is 0 Å². The molecular weight excluding hydrogens is 272 g/mol. The third kappa shape index (κ3) is 2.81. The molecule has 0 saturated carbocycles. The van der Waals surface area contributed by atoms with Crippen LogP contribution in [0.15, 0.2) is 48.5 Å². The second-order valence-electron chi connectivity index (χ2n) is 5.91. The molecule has 22 heavy (non-hydrogen) atoms. The summed E-state index contributed by atoms with van der Waals surface area (Å²) >= 11 is 0. The summed E-state index contributed by atoms with van der Waals surface area (Å²) in [6.07, 6.45) is 1.08. The maximum absolute atomic E-state index is 6.26. The van der Waals surface area contributed by atoms with Crippen molar-refractivity contribution in [2.45, 2.75) is 32.4 Å². The van der Waals surface area contributed by atoms with E-state index in [0.29, 0.717) is 12.6 Å². The number of benzene rings is 2. The highest BCUT2D eigenvalue weighted by Gasteiger charge is 2.29. The molecule has 0 radical (unpaired) electrons. The minimum atomic E-state index is 0.0511. The Morgan fingerprint density at radius 1 is 1.23 bits per heavy atom. The summed E-state index contributed by atoms with van der Waals surface area (Å²) in [5, 5.41) is 0. The number of nitrogens with zero attached hydrogens (tertiary/aromatic N) is 1. The van der Waals surface area contributed by atoms with Gasteiger partial charge >= 0.3 is 0 Å². The molecule has 2 aromatic carbocycles. The smallest absolute Gasteiger partial charge is 0.143 e. The number of rotatable bonds is 4. The number of hydrogen-bond acceptors (Lipinski definition) is 3. The van der Waals surface area contributed by atoms with Crippen molar-refractivity contribution < 1.29 is 4.74 Å². The van der Waals surface area contributed by atoms with Crippen LogP contribution in [0.25, 0.3) is 0 Å². The largest absolute Gasteiger partial charge is 0.482 e. The maximum Gasteiger partial charge on any atom is 0.143 e. The fourth-order valence-corrected chi connectivity index (χ4v) is 2.96. The molecule has 0 saturated heterocycles. The van der Waals surface area contributed by atoms with Crippen LogP contribution in [0.1, 0.15) is 31.1 Å². The van der Waals surface area contributed by atoms with Crippen LogP contribution < -0.4 is 15.4 Å². The first kappa shape index (κ1) is 14.9. The Bertz CT molecular complexity index is 627. The van der Waals surface area contributed by atoms with E-state index in [2.05, 4.69) is 61.2 Å². The van der Waals surface area contributed by atoms with Crippen molar-refractivity contribution in [3.63, 3.8) is 0 Å². The molecule has 0 spiro atoms. The average Bonchev–Trinajstić information content (AvgIpc) is 2.60. The highest BCUT2D eigenvalue weighted by atomic mass is 16.5. The van der Waals surface area contributed by atoms with Crippen LogP contribution in [-0.4, -0.2) is 19.1 Å². The maximum atomic E-state index is 6.26. The Hall–Kier alpha value is -2.00. The molecule has 1 aliphatic rings. The first-order chi connectivity index (χ1) is 10.7. The molecule has 116 valence electrons. The van der Waals surface area contributed by atoms with Crippen molar-refractivity contribution in [2.75, 3.05) is 18.0 Å². The molecule has 0 amide bonds. The van der Waals surface area contributed by atoms with Gasteiger partial charge in [0.15, 0.2) is 0 Å². The summed E-state index contributed by atoms with van der Waals surface area (Å²) in [6, 6.07) is 17.2. The third-order valence-electron chi connectivity index (χ3n) is 4.42. The van der Waals surface area contributed by atoms with Crippen molar-refractivity contribution in [1.29, 1.82) is 0 Å². The summed E-state index contributed by atoms with van der Waals surface area (Å²) in [6.45, 7) is 5.82. The van der Waals surface area contributed by atoms with Crippen molar-refractivity contribution in [3.8, 4) is 5.75 Å². The molecule has 0 fully saturated rings. The lowest BCUT2D eigenvalue weighted by Gasteiger charge is -2.40. The van der Waals surface area contributed by atoms with E-state index in [0.717, 1.165) is 18.7 Å². The fraction of sp³-hybridized carbons (Fsp3) is 0.368. The molecule has 1 heterocycles. The lowest BCUT2D eigenvalue weighted by Crippen LogP contribution is -2.44. The van der Waals surface area contributed by atoms with Gasteiger partial charge in [-0.1, -0.05) is 43.3 Å². The Morgan fingerprint density at radius 2 is 2.00 bits per heavy atom. The highest BCUT2D eigenvalue weighted by Crippen LogP contribution is 2.39. The molecule has 2 unspecified atom stereocenters. The van der Waals surface area contributed by atoms with E-state index in [4.69, 9.17) is 10.5 Å². The van der Waals surface area contributed by atoms with Gasteiger partial charge in [0.1, 0.15) is 11.9 Å². The summed E-state index contributed by atoms with van der Waals surface area (Å²) in [7, 11) is 0. The number of ether oxygens (including phenoxy) is 1.